The minimum absolute atomic E-state index is 0.00954. The number of hydrogen-bond donors (Lipinski definition) is 1. The van der Waals surface area contributed by atoms with Crippen LogP contribution >= 0.6 is 0 Å². The second-order valence-electron chi connectivity index (χ2n) is 5.39. The fraction of sp³-hybridized carbons (Fsp3) is 0.562. The maximum Gasteiger partial charge on any atom is 0.227 e. The van der Waals surface area contributed by atoms with E-state index < -0.39 is 0 Å². The topological polar surface area (TPSA) is 41.6 Å². The lowest BCUT2D eigenvalue weighted by Crippen LogP contribution is -2.38. The van der Waals surface area contributed by atoms with Crippen LogP contribution in [-0.2, 0) is 4.79 Å². The van der Waals surface area contributed by atoms with E-state index in [-0.39, 0.29) is 17.9 Å². The van der Waals surface area contributed by atoms with E-state index in [1.54, 1.807) is 7.11 Å². The Hall–Kier alpha value is -1.55. The second-order valence-corrected chi connectivity index (χ2v) is 5.39. The van der Waals surface area contributed by atoms with Gasteiger partial charge in [0.25, 0.3) is 0 Å². The highest BCUT2D eigenvalue weighted by Gasteiger charge is 2.33. The van der Waals surface area contributed by atoms with E-state index in [9.17, 15) is 4.79 Å². The Kier molecular flexibility index (Phi) is 5.01. The first-order chi connectivity index (χ1) is 9.69. The van der Waals surface area contributed by atoms with Gasteiger partial charge in [-0.2, -0.15) is 0 Å². The van der Waals surface area contributed by atoms with Crippen LogP contribution in [0.3, 0.4) is 0 Å². The predicted molar refractivity (Wildman–Crippen MR) is 79.8 cm³/mol. The van der Waals surface area contributed by atoms with Gasteiger partial charge in [-0.3, -0.25) is 4.79 Å². The Morgan fingerprint density at radius 3 is 2.95 bits per heavy atom. The zero-order valence-corrected chi connectivity index (χ0v) is 12.6. The number of methoxy groups -OCH3 is 1. The summed E-state index contributed by atoms with van der Waals surface area (Å²) in [6, 6.07) is 8.16. The van der Waals surface area contributed by atoms with Crippen LogP contribution in [0.1, 0.15) is 31.4 Å². The van der Waals surface area contributed by atoms with Crippen LogP contribution in [0.4, 0.5) is 0 Å². The number of para-hydroxylation sites is 1. The van der Waals surface area contributed by atoms with Crippen LogP contribution < -0.4 is 10.1 Å². The molecule has 0 aliphatic carbocycles. The van der Waals surface area contributed by atoms with Gasteiger partial charge in [-0.25, -0.2) is 0 Å². The molecular formula is C16H24N2O2. The number of likely N-dealkylation sites (tertiary alicyclic amines) is 1. The molecule has 2 rings (SSSR count). The van der Waals surface area contributed by atoms with Crippen LogP contribution in [-0.4, -0.2) is 38.1 Å². The highest BCUT2D eigenvalue weighted by Crippen LogP contribution is 2.37. The summed E-state index contributed by atoms with van der Waals surface area (Å²) in [4.78, 5) is 14.6. The molecule has 1 amide bonds. The Morgan fingerprint density at radius 1 is 1.50 bits per heavy atom. The zero-order valence-electron chi connectivity index (χ0n) is 12.6. The number of nitrogens with zero attached hydrogens (tertiary/aromatic N) is 1. The lowest BCUT2D eigenvalue weighted by molar-refractivity contribution is -0.135. The van der Waals surface area contributed by atoms with Crippen LogP contribution in [0.5, 0.6) is 5.75 Å². The van der Waals surface area contributed by atoms with E-state index in [0.717, 1.165) is 30.7 Å². The largest absolute Gasteiger partial charge is 0.496 e. The minimum Gasteiger partial charge on any atom is -0.496 e. The number of benzene rings is 1. The quantitative estimate of drug-likeness (QED) is 0.896. The molecule has 1 heterocycles. The molecule has 1 aromatic rings. The molecule has 0 saturated carbocycles. The molecule has 2 unspecified atom stereocenters. The van der Waals surface area contributed by atoms with E-state index in [4.69, 9.17) is 4.74 Å². The van der Waals surface area contributed by atoms with Crippen molar-refractivity contribution in [1.29, 1.82) is 0 Å². The van der Waals surface area contributed by atoms with Crippen molar-refractivity contribution < 1.29 is 9.53 Å². The van der Waals surface area contributed by atoms with Gasteiger partial charge in [-0.1, -0.05) is 25.1 Å². The Morgan fingerprint density at radius 2 is 2.25 bits per heavy atom. The third-order valence-corrected chi connectivity index (χ3v) is 3.97. The van der Waals surface area contributed by atoms with Crippen LogP contribution in [0.2, 0.25) is 0 Å². The molecule has 4 nitrogen and oxygen atoms in total. The van der Waals surface area contributed by atoms with Crippen molar-refractivity contribution in [3.8, 4) is 5.75 Å². The standard InChI is InChI=1S/C16H24N2O2/c1-12(11-17-2)16(19)18-10-6-8-14(18)13-7-4-5-9-15(13)20-3/h4-5,7,9,12,14,17H,6,8,10-11H2,1-3H3. The zero-order chi connectivity index (χ0) is 14.5. The van der Waals surface area contributed by atoms with E-state index in [1.807, 2.05) is 37.1 Å². The van der Waals surface area contributed by atoms with Gasteiger partial charge >= 0.3 is 0 Å². The second kappa shape index (κ2) is 6.75. The van der Waals surface area contributed by atoms with Gasteiger partial charge in [0.05, 0.1) is 13.2 Å². The van der Waals surface area contributed by atoms with Gasteiger partial charge in [0.1, 0.15) is 5.75 Å². The van der Waals surface area contributed by atoms with Gasteiger partial charge in [-0.15, -0.1) is 0 Å². The Balaban J connectivity index is 2.20. The summed E-state index contributed by atoms with van der Waals surface area (Å²) < 4.78 is 5.44. The summed E-state index contributed by atoms with van der Waals surface area (Å²) in [5, 5.41) is 3.08. The molecule has 4 heteroatoms. The highest BCUT2D eigenvalue weighted by molar-refractivity contribution is 5.79. The SMILES string of the molecule is CNCC(C)C(=O)N1CCCC1c1ccccc1OC. The molecule has 1 aliphatic heterocycles. The van der Waals surface area contributed by atoms with Crippen molar-refractivity contribution in [3.05, 3.63) is 29.8 Å². The fourth-order valence-corrected chi connectivity index (χ4v) is 2.97. The minimum atomic E-state index is 0.00954. The molecule has 1 saturated heterocycles. The van der Waals surface area contributed by atoms with Crippen LogP contribution in [0.25, 0.3) is 0 Å². The number of ether oxygens (including phenoxy) is 1. The predicted octanol–water partition coefficient (Wildman–Crippen LogP) is 2.21. The highest BCUT2D eigenvalue weighted by atomic mass is 16.5. The summed E-state index contributed by atoms with van der Waals surface area (Å²) in [5.74, 6) is 1.11. The number of rotatable bonds is 5. The van der Waals surface area contributed by atoms with Crippen molar-refractivity contribution >= 4 is 5.91 Å². The molecule has 20 heavy (non-hydrogen) atoms. The van der Waals surface area contributed by atoms with E-state index >= 15 is 0 Å². The first-order valence-corrected chi connectivity index (χ1v) is 7.27. The van der Waals surface area contributed by atoms with E-state index in [0.29, 0.717) is 6.54 Å². The normalized spacial score (nSPS) is 19.9. The molecule has 1 fully saturated rings. The van der Waals surface area contributed by atoms with Gasteiger partial charge in [0.15, 0.2) is 0 Å². The summed E-state index contributed by atoms with van der Waals surface area (Å²) in [7, 11) is 3.56. The van der Waals surface area contributed by atoms with Gasteiger partial charge in [0.2, 0.25) is 5.91 Å². The average molecular weight is 276 g/mol. The van der Waals surface area contributed by atoms with Crippen molar-refractivity contribution in [2.45, 2.75) is 25.8 Å². The molecule has 1 N–H and O–H groups in total. The molecule has 110 valence electrons. The first-order valence-electron chi connectivity index (χ1n) is 7.27. The Labute approximate surface area is 121 Å². The number of carbonyl (C=O) groups is 1. The van der Waals surface area contributed by atoms with Crippen molar-refractivity contribution in [2.24, 2.45) is 5.92 Å². The van der Waals surface area contributed by atoms with Gasteiger partial charge < -0.3 is 15.0 Å². The summed E-state index contributed by atoms with van der Waals surface area (Å²) >= 11 is 0. The average Bonchev–Trinajstić information content (AvgIpc) is 2.95. The third-order valence-electron chi connectivity index (χ3n) is 3.97. The molecule has 0 bridgehead atoms. The van der Waals surface area contributed by atoms with Gasteiger partial charge in [-0.05, 0) is 26.0 Å². The maximum atomic E-state index is 12.6. The number of amides is 1. The molecule has 0 radical (unpaired) electrons. The number of nitrogens with one attached hydrogen (secondary N) is 1. The van der Waals surface area contributed by atoms with E-state index in [2.05, 4.69) is 11.4 Å². The lowest BCUT2D eigenvalue weighted by Gasteiger charge is -2.28. The molecule has 1 aromatic carbocycles. The van der Waals surface area contributed by atoms with Crippen molar-refractivity contribution in [1.82, 2.24) is 10.2 Å². The van der Waals surface area contributed by atoms with Crippen LogP contribution in [0, 0.1) is 5.92 Å². The maximum absolute atomic E-state index is 12.6. The summed E-state index contributed by atoms with van der Waals surface area (Å²) in [5.41, 5.74) is 1.12. The van der Waals surface area contributed by atoms with Crippen molar-refractivity contribution in [2.75, 3.05) is 27.2 Å². The molecular weight excluding hydrogens is 252 g/mol. The number of hydrogen-bond acceptors (Lipinski definition) is 3. The summed E-state index contributed by atoms with van der Waals surface area (Å²) in [6.07, 6.45) is 2.07. The van der Waals surface area contributed by atoms with Crippen LogP contribution in [0.15, 0.2) is 24.3 Å². The number of carbonyl (C=O) groups excluding carboxylic acids is 1. The molecule has 2 atom stereocenters. The van der Waals surface area contributed by atoms with Gasteiger partial charge in [0, 0.05) is 24.6 Å². The lowest BCUT2D eigenvalue weighted by atomic mass is 10.0. The fourth-order valence-electron chi connectivity index (χ4n) is 2.97. The molecule has 1 aliphatic rings. The summed E-state index contributed by atoms with van der Waals surface area (Å²) in [6.45, 7) is 3.54. The third kappa shape index (κ3) is 2.96. The smallest absolute Gasteiger partial charge is 0.227 e. The van der Waals surface area contributed by atoms with E-state index in [1.165, 1.54) is 0 Å². The van der Waals surface area contributed by atoms with Crippen molar-refractivity contribution in [3.63, 3.8) is 0 Å². The Bertz CT molecular complexity index is 462. The first kappa shape index (κ1) is 14.9. The molecule has 0 aromatic heterocycles. The molecule has 0 spiro atoms. The monoisotopic (exact) mass is 276 g/mol.